The predicted molar refractivity (Wildman–Crippen MR) is 184 cm³/mol. The second kappa shape index (κ2) is 13.9. The average molecular weight is 585 g/mol. The van der Waals surface area contributed by atoms with Crippen molar-refractivity contribution in [2.75, 3.05) is 0 Å². The zero-order valence-corrected chi connectivity index (χ0v) is 28.4. The highest BCUT2D eigenvalue weighted by Gasteiger charge is 2.67. The highest BCUT2D eigenvalue weighted by Crippen LogP contribution is 2.60. The molecule has 234 valence electrons. The van der Waals surface area contributed by atoms with Gasteiger partial charge in [-0.25, -0.2) is 0 Å². The normalized spacial score (nSPS) is 32.3. The lowest BCUT2D eigenvalue weighted by atomic mass is 9.61. The average Bonchev–Trinajstić information content (AvgIpc) is 3.28. The van der Waals surface area contributed by atoms with Crippen LogP contribution in [0.3, 0.4) is 0 Å². The summed E-state index contributed by atoms with van der Waals surface area (Å²) in [6.45, 7) is 21.3. The monoisotopic (exact) mass is 584 g/mol. The van der Waals surface area contributed by atoms with Gasteiger partial charge in [0.2, 0.25) is 0 Å². The molecule has 3 nitrogen and oxygen atoms in total. The van der Waals surface area contributed by atoms with Crippen LogP contribution in [0.4, 0.5) is 0 Å². The molecule has 2 aliphatic heterocycles. The minimum atomic E-state index is -0.844. The second-order valence-corrected chi connectivity index (χ2v) is 14.6. The fourth-order valence-corrected chi connectivity index (χ4v) is 7.18. The van der Waals surface area contributed by atoms with Gasteiger partial charge in [-0.15, -0.1) is 0 Å². The minimum absolute atomic E-state index is 0.00123. The molecule has 1 aliphatic carbocycles. The van der Waals surface area contributed by atoms with Crippen molar-refractivity contribution < 1.29 is 14.9 Å². The smallest absolute Gasteiger partial charge is 0.120 e. The molecule has 2 heterocycles. The molecular formula is C40H56O3. The maximum absolute atomic E-state index is 11.1. The van der Waals surface area contributed by atoms with Crippen LogP contribution in [-0.4, -0.2) is 33.6 Å². The maximum atomic E-state index is 11.1. The van der Waals surface area contributed by atoms with Crippen LogP contribution in [0.5, 0.6) is 0 Å². The second-order valence-electron chi connectivity index (χ2n) is 14.6. The molecule has 0 aromatic rings. The van der Waals surface area contributed by atoms with Gasteiger partial charge in [0, 0.05) is 11.8 Å². The van der Waals surface area contributed by atoms with Crippen molar-refractivity contribution in [3.63, 3.8) is 0 Å². The van der Waals surface area contributed by atoms with Gasteiger partial charge in [-0.2, -0.15) is 0 Å². The lowest BCUT2D eigenvalue weighted by Gasteiger charge is -2.46. The predicted octanol–water partition coefficient (Wildman–Crippen LogP) is 9.76. The zero-order chi connectivity index (χ0) is 32.1. The summed E-state index contributed by atoms with van der Waals surface area (Å²) in [5.74, 6) is 0. The van der Waals surface area contributed by atoms with E-state index in [-0.39, 0.29) is 23.0 Å². The molecular weight excluding hydrogens is 528 g/mol. The van der Waals surface area contributed by atoms with Gasteiger partial charge in [0.25, 0.3) is 0 Å². The Bertz CT molecular complexity index is 1310. The van der Waals surface area contributed by atoms with E-state index in [1.807, 2.05) is 6.92 Å². The molecule has 2 fully saturated rings. The third-order valence-electron chi connectivity index (χ3n) is 9.36. The molecule has 0 aromatic heterocycles. The van der Waals surface area contributed by atoms with E-state index in [4.69, 9.17) is 4.74 Å². The van der Waals surface area contributed by atoms with Crippen molar-refractivity contribution in [3.05, 3.63) is 119 Å². The van der Waals surface area contributed by atoms with Gasteiger partial charge >= 0.3 is 0 Å². The van der Waals surface area contributed by atoms with Crippen LogP contribution in [0.1, 0.15) is 94.9 Å². The van der Waals surface area contributed by atoms with E-state index < -0.39 is 11.2 Å². The number of hydrogen-bond acceptors (Lipinski definition) is 3. The number of hydrogen-bond donors (Lipinski definition) is 2. The Labute approximate surface area is 262 Å². The molecule has 0 aromatic carbocycles. The standard InChI is InChI=1S/C40H56O3/c1-29(17-13-19-31(3)21-22-36-33(5)25-34(41)26-37(36,6)7)15-11-12-16-30(2)18-14-20-32(4)23-24-40-38(8,9)27-35(43-40)28-39(40,10)42/h11-24,34-35,41-42H,25-28H2,1-10H3/b12-11+,17-13+,18-14+,22-21+,24-23+,29-15+,30-16+,31-19+,32-20+/t34-,35+,39-,40-/m1/s1. The third kappa shape index (κ3) is 8.69. The van der Waals surface area contributed by atoms with Crippen molar-refractivity contribution in [1.82, 2.24) is 0 Å². The first kappa shape index (κ1) is 34.8. The number of ether oxygens (including phenoxy) is 1. The van der Waals surface area contributed by atoms with Crippen LogP contribution in [0.15, 0.2) is 119 Å². The molecule has 3 rings (SSSR count). The Hall–Kier alpha value is -2.72. The van der Waals surface area contributed by atoms with E-state index in [1.54, 1.807) is 0 Å². The highest BCUT2D eigenvalue weighted by molar-refractivity contribution is 5.38. The Balaban J connectivity index is 1.52. The quantitative estimate of drug-likeness (QED) is 0.251. The molecule has 0 amide bonds. The lowest BCUT2D eigenvalue weighted by Crippen LogP contribution is -2.56. The van der Waals surface area contributed by atoms with Crippen molar-refractivity contribution in [3.8, 4) is 0 Å². The fourth-order valence-electron chi connectivity index (χ4n) is 7.18. The number of aliphatic hydroxyl groups is 2. The van der Waals surface area contributed by atoms with Gasteiger partial charge in [-0.05, 0) is 77.9 Å². The van der Waals surface area contributed by atoms with E-state index in [2.05, 4.69) is 147 Å². The zero-order valence-electron chi connectivity index (χ0n) is 28.4. The van der Waals surface area contributed by atoms with Crippen LogP contribution in [0, 0.1) is 10.8 Å². The summed E-state index contributed by atoms with van der Waals surface area (Å²) in [7, 11) is 0. The Morgan fingerprint density at radius 2 is 1.23 bits per heavy atom. The molecule has 0 unspecified atom stereocenters. The molecule has 2 bridgehead atoms. The summed E-state index contributed by atoms with van der Waals surface area (Å²) >= 11 is 0. The van der Waals surface area contributed by atoms with Gasteiger partial charge in [0.1, 0.15) is 5.60 Å². The largest absolute Gasteiger partial charge is 0.393 e. The van der Waals surface area contributed by atoms with Crippen LogP contribution in [0.25, 0.3) is 0 Å². The molecule has 43 heavy (non-hydrogen) atoms. The summed E-state index contributed by atoms with van der Waals surface area (Å²) in [4.78, 5) is 0. The molecule has 3 heteroatoms. The SMILES string of the molecule is CC1=C(/C=C/C(C)=C/C=C/C(C)=C/C=C/C=C(C)/C=C/C=C(C)/C=C/[C@@]23O[C@@H](CC2(C)C)C[C@@]3(C)O)C(C)(C)C[C@H](O)C1. The van der Waals surface area contributed by atoms with E-state index in [9.17, 15) is 10.2 Å². The summed E-state index contributed by atoms with van der Waals surface area (Å²) < 4.78 is 6.31. The first-order valence-corrected chi connectivity index (χ1v) is 15.9. The van der Waals surface area contributed by atoms with Gasteiger partial charge in [-0.3, -0.25) is 0 Å². The third-order valence-corrected chi connectivity index (χ3v) is 9.36. The van der Waals surface area contributed by atoms with E-state index in [0.717, 1.165) is 30.4 Å². The van der Waals surface area contributed by atoms with Crippen molar-refractivity contribution in [2.24, 2.45) is 10.8 Å². The summed E-state index contributed by atoms with van der Waals surface area (Å²) in [6, 6.07) is 0. The van der Waals surface area contributed by atoms with Gasteiger partial charge in [0.15, 0.2) is 0 Å². The molecule has 2 N–H and O–H groups in total. The number of allylic oxidation sites excluding steroid dienone is 18. The summed E-state index contributed by atoms with van der Waals surface area (Å²) in [5, 5.41) is 21.2. The van der Waals surface area contributed by atoms with E-state index >= 15 is 0 Å². The first-order chi connectivity index (χ1) is 20.0. The first-order valence-electron chi connectivity index (χ1n) is 15.9. The number of rotatable bonds is 10. The summed E-state index contributed by atoms with van der Waals surface area (Å²) in [5.41, 5.74) is 5.72. The lowest BCUT2D eigenvalue weighted by molar-refractivity contribution is -0.115. The topological polar surface area (TPSA) is 49.7 Å². The van der Waals surface area contributed by atoms with Gasteiger partial charge < -0.3 is 14.9 Å². The molecule has 4 atom stereocenters. The minimum Gasteiger partial charge on any atom is -0.393 e. The van der Waals surface area contributed by atoms with Crippen LogP contribution >= 0.6 is 0 Å². The molecule has 0 radical (unpaired) electrons. The van der Waals surface area contributed by atoms with Crippen LogP contribution in [0.2, 0.25) is 0 Å². The number of fused-ring (bicyclic) bond motifs is 2. The van der Waals surface area contributed by atoms with Crippen molar-refractivity contribution in [2.45, 2.75) is 118 Å². The van der Waals surface area contributed by atoms with Gasteiger partial charge in [-0.1, -0.05) is 135 Å². The van der Waals surface area contributed by atoms with Crippen molar-refractivity contribution in [1.29, 1.82) is 0 Å². The van der Waals surface area contributed by atoms with Crippen LogP contribution < -0.4 is 0 Å². The summed E-state index contributed by atoms with van der Waals surface area (Å²) in [6.07, 6.45) is 32.7. The Morgan fingerprint density at radius 3 is 1.74 bits per heavy atom. The molecule has 0 saturated carbocycles. The molecule has 2 saturated heterocycles. The molecule has 3 aliphatic rings. The maximum Gasteiger partial charge on any atom is 0.120 e. The van der Waals surface area contributed by atoms with Gasteiger partial charge in [0.05, 0.1) is 17.8 Å². The van der Waals surface area contributed by atoms with Crippen molar-refractivity contribution >= 4 is 0 Å². The highest BCUT2D eigenvalue weighted by atomic mass is 16.5. The Morgan fingerprint density at radius 1 is 0.721 bits per heavy atom. The molecule has 0 spiro atoms. The van der Waals surface area contributed by atoms with E-state index in [0.29, 0.717) is 6.42 Å². The van der Waals surface area contributed by atoms with Crippen LogP contribution in [-0.2, 0) is 4.74 Å². The Kier molecular flexibility index (Phi) is 11.3. The van der Waals surface area contributed by atoms with E-state index in [1.165, 1.54) is 22.3 Å². The fraction of sp³-hybridized carbons (Fsp3) is 0.500. The number of aliphatic hydroxyl groups excluding tert-OH is 1.